The fourth-order valence-electron chi connectivity index (χ4n) is 3.08. The maximum atomic E-state index is 12.2. The molecular formula is C24H25N3O6. The molecule has 1 heterocycles. The van der Waals surface area contributed by atoms with E-state index in [9.17, 15) is 4.79 Å². The highest BCUT2D eigenvalue weighted by molar-refractivity contribution is 5.88. The van der Waals surface area contributed by atoms with Gasteiger partial charge in [-0.2, -0.15) is 0 Å². The monoisotopic (exact) mass is 451 g/mol. The quantitative estimate of drug-likeness (QED) is 0.463. The normalized spacial score (nSPS) is 11.2. The van der Waals surface area contributed by atoms with Gasteiger partial charge < -0.3 is 23.7 Å². The van der Waals surface area contributed by atoms with E-state index in [-0.39, 0.29) is 6.10 Å². The predicted molar refractivity (Wildman–Crippen MR) is 123 cm³/mol. The number of hydrogen-bond donors (Lipinski definition) is 1. The number of terminal acetylenes is 1. The second kappa shape index (κ2) is 10.9. The molecular weight excluding hydrogens is 426 g/mol. The fourth-order valence-corrected chi connectivity index (χ4v) is 3.08. The lowest BCUT2D eigenvalue weighted by Gasteiger charge is -2.16. The van der Waals surface area contributed by atoms with Gasteiger partial charge in [0.1, 0.15) is 23.9 Å². The van der Waals surface area contributed by atoms with Crippen molar-refractivity contribution in [1.29, 1.82) is 0 Å². The molecule has 3 aromatic rings. The third-order valence-electron chi connectivity index (χ3n) is 4.80. The van der Waals surface area contributed by atoms with Crippen molar-refractivity contribution in [3.63, 3.8) is 0 Å². The Bertz CT molecular complexity index is 1170. The van der Waals surface area contributed by atoms with E-state index in [1.54, 1.807) is 44.6 Å². The van der Waals surface area contributed by atoms with Gasteiger partial charge >= 0.3 is 6.09 Å². The van der Waals surface area contributed by atoms with Crippen LogP contribution >= 0.6 is 0 Å². The van der Waals surface area contributed by atoms with Crippen LogP contribution < -0.4 is 24.3 Å². The van der Waals surface area contributed by atoms with E-state index >= 15 is 0 Å². The summed E-state index contributed by atoms with van der Waals surface area (Å²) in [6.45, 7) is 1.89. The van der Waals surface area contributed by atoms with Crippen LogP contribution in [-0.2, 0) is 4.74 Å². The second-order valence-corrected chi connectivity index (χ2v) is 6.84. The van der Waals surface area contributed by atoms with Crippen molar-refractivity contribution in [1.82, 2.24) is 9.97 Å². The molecule has 0 aliphatic heterocycles. The highest BCUT2D eigenvalue weighted by atomic mass is 16.6. The van der Waals surface area contributed by atoms with Crippen molar-refractivity contribution >= 4 is 22.7 Å². The van der Waals surface area contributed by atoms with Crippen molar-refractivity contribution in [3.8, 4) is 41.2 Å². The van der Waals surface area contributed by atoms with Crippen molar-refractivity contribution in [2.45, 2.75) is 25.9 Å². The van der Waals surface area contributed by atoms with Crippen LogP contribution in [0.3, 0.4) is 0 Å². The zero-order valence-electron chi connectivity index (χ0n) is 18.9. The minimum absolute atomic E-state index is 0.322. The lowest BCUT2D eigenvalue weighted by atomic mass is 10.2. The highest BCUT2D eigenvalue weighted by Crippen LogP contribution is 2.37. The summed E-state index contributed by atoms with van der Waals surface area (Å²) in [6.07, 6.45) is 6.69. The van der Waals surface area contributed by atoms with Gasteiger partial charge in [-0.3, -0.25) is 5.32 Å². The number of carbonyl (C=O) groups excluding carboxylic acids is 1. The first-order valence-corrected chi connectivity index (χ1v) is 10.2. The molecule has 9 nitrogen and oxygen atoms in total. The van der Waals surface area contributed by atoms with Gasteiger partial charge in [0.25, 0.3) is 0 Å². The summed E-state index contributed by atoms with van der Waals surface area (Å²) in [7, 11) is 4.59. The van der Waals surface area contributed by atoms with Gasteiger partial charge in [0, 0.05) is 18.6 Å². The topological polar surface area (TPSA) is 101 Å². The maximum absolute atomic E-state index is 12.2. The molecule has 1 N–H and O–H groups in total. The molecule has 33 heavy (non-hydrogen) atoms. The average molecular weight is 451 g/mol. The van der Waals surface area contributed by atoms with Gasteiger partial charge in [-0.05, 0) is 24.6 Å². The first-order valence-electron chi connectivity index (χ1n) is 10.2. The van der Waals surface area contributed by atoms with Gasteiger partial charge in [-0.1, -0.05) is 6.92 Å². The minimum Gasteiger partial charge on any atom is -0.494 e. The van der Waals surface area contributed by atoms with Crippen LogP contribution in [0.2, 0.25) is 0 Å². The van der Waals surface area contributed by atoms with Crippen molar-refractivity contribution in [3.05, 3.63) is 36.7 Å². The van der Waals surface area contributed by atoms with Crippen molar-refractivity contribution < 1.29 is 28.5 Å². The molecule has 0 spiro atoms. The maximum Gasteiger partial charge on any atom is 0.412 e. The molecule has 1 aromatic heterocycles. The third-order valence-corrected chi connectivity index (χ3v) is 4.80. The largest absolute Gasteiger partial charge is 0.494 e. The van der Waals surface area contributed by atoms with E-state index < -0.39 is 6.09 Å². The van der Waals surface area contributed by atoms with E-state index in [1.807, 2.05) is 6.92 Å². The lowest BCUT2D eigenvalue weighted by Crippen LogP contribution is -2.21. The number of ether oxygens (including phenoxy) is 5. The van der Waals surface area contributed by atoms with Crippen LogP contribution in [-0.4, -0.2) is 43.5 Å². The number of carbonyl (C=O) groups is 1. The Labute approximate surface area is 192 Å². The summed E-state index contributed by atoms with van der Waals surface area (Å²) in [4.78, 5) is 20.7. The van der Waals surface area contributed by atoms with E-state index in [2.05, 4.69) is 21.2 Å². The van der Waals surface area contributed by atoms with E-state index in [0.717, 1.165) is 0 Å². The number of amides is 1. The molecule has 9 heteroatoms. The molecule has 0 radical (unpaired) electrons. The number of hydrogen-bond acceptors (Lipinski definition) is 8. The molecule has 0 saturated heterocycles. The molecule has 172 valence electrons. The number of nitrogens with zero attached hydrogens (tertiary/aromatic N) is 2. The van der Waals surface area contributed by atoms with Crippen LogP contribution in [0.25, 0.3) is 10.9 Å². The Morgan fingerprint density at radius 3 is 2.45 bits per heavy atom. The van der Waals surface area contributed by atoms with Crippen molar-refractivity contribution in [2.24, 2.45) is 0 Å². The molecule has 3 rings (SSSR count). The molecule has 0 fully saturated rings. The number of fused-ring (bicyclic) bond motifs is 1. The first-order chi connectivity index (χ1) is 16.0. The molecule has 1 unspecified atom stereocenters. The average Bonchev–Trinajstić information content (AvgIpc) is 2.83. The number of rotatable bonds is 9. The second-order valence-electron chi connectivity index (χ2n) is 6.84. The number of benzene rings is 2. The van der Waals surface area contributed by atoms with Gasteiger partial charge in [-0.15, -0.1) is 12.3 Å². The number of anilines is 1. The molecule has 1 atom stereocenters. The Kier molecular flexibility index (Phi) is 7.76. The summed E-state index contributed by atoms with van der Waals surface area (Å²) in [6, 6.07) is 8.43. The van der Waals surface area contributed by atoms with Crippen LogP contribution in [0.1, 0.15) is 19.8 Å². The van der Waals surface area contributed by atoms with Crippen LogP contribution in [0.15, 0.2) is 36.7 Å². The zero-order valence-corrected chi connectivity index (χ0v) is 18.9. The first kappa shape index (κ1) is 23.5. The minimum atomic E-state index is -0.619. The third kappa shape index (κ3) is 5.54. The summed E-state index contributed by atoms with van der Waals surface area (Å²) in [5.74, 6) is 4.71. The van der Waals surface area contributed by atoms with Crippen molar-refractivity contribution in [2.75, 3.05) is 26.6 Å². The van der Waals surface area contributed by atoms with E-state index in [4.69, 9.17) is 30.1 Å². The van der Waals surface area contributed by atoms with Crippen LogP contribution in [0.4, 0.5) is 10.5 Å². The Balaban J connectivity index is 1.83. The Hall–Kier alpha value is -4.19. The number of methoxy groups -OCH3 is 3. The van der Waals surface area contributed by atoms with Crippen LogP contribution in [0, 0.1) is 12.3 Å². The van der Waals surface area contributed by atoms with Gasteiger partial charge in [0.05, 0.1) is 37.9 Å². The van der Waals surface area contributed by atoms with E-state index in [1.165, 1.54) is 13.4 Å². The Morgan fingerprint density at radius 1 is 1.06 bits per heavy atom. The highest BCUT2D eigenvalue weighted by Gasteiger charge is 2.16. The zero-order chi connectivity index (χ0) is 23.8. The Morgan fingerprint density at radius 2 is 1.79 bits per heavy atom. The lowest BCUT2D eigenvalue weighted by molar-refractivity contribution is 0.111. The van der Waals surface area contributed by atoms with Gasteiger partial charge in [0.2, 0.25) is 5.88 Å². The molecule has 1 amide bonds. The predicted octanol–water partition coefficient (Wildman–Crippen LogP) is 4.80. The van der Waals surface area contributed by atoms with Gasteiger partial charge in [-0.25, -0.2) is 14.8 Å². The molecule has 2 aromatic carbocycles. The molecule has 0 bridgehead atoms. The fraction of sp³-hybridized carbons (Fsp3) is 0.292. The molecule has 0 saturated carbocycles. The van der Waals surface area contributed by atoms with Crippen LogP contribution in [0.5, 0.6) is 28.9 Å². The molecule has 0 aliphatic carbocycles. The SMILES string of the molecule is C#CCC(CC)OC(=O)Nc1ccc(Oc2ncnc3cc(OC)c(OC)cc23)cc1OC. The van der Waals surface area contributed by atoms with Gasteiger partial charge in [0.15, 0.2) is 11.5 Å². The summed E-state index contributed by atoms with van der Waals surface area (Å²) < 4.78 is 27.4. The smallest absolute Gasteiger partial charge is 0.412 e. The van der Waals surface area contributed by atoms with E-state index in [0.29, 0.717) is 58.3 Å². The summed E-state index contributed by atoms with van der Waals surface area (Å²) in [5, 5.41) is 3.30. The number of nitrogens with one attached hydrogen (secondary N) is 1. The summed E-state index contributed by atoms with van der Waals surface area (Å²) >= 11 is 0. The molecule has 0 aliphatic rings. The number of aromatic nitrogens is 2. The standard InChI is InChI=1S/C24H25N3O6/c1-6-8-15(7-2)33-24(28)27-18-10-9-16(11-20(18)29-3)32-23-17-12-21(30-4)22(31-5)13-19(17)25-14-26-23/h1,9-15H,7-8H2,2-5H3,(H,27,28). The summed E-state index contributed by atoms with van der Waals surface area (Å²) in [5.41, 5.74) is 1.05.